The van der Waals surface area contributed by atoms with Gasteiger partial charge in [-0.3, -0.25) is 5.32 Å². The summed E-state index contributed by atoms with van der Waals surface area (Å²) in [6.45, 7) is 8.50. The summed E-state index contributed by atoms with van der Waals surface area (Å²) in [7, 11) is 0. The van der Waals surface area contributed by atoms with Crippen molar-refractivity contribution in [1.82, 2.24) is 5.32 Å². The molecule has 0 aromatic rings. The van der Waals surface area contributed by atoms with Gasteiger partial charge in [0.05, 0.1) is 12.2 Å². The van der Waals surface area contributed by atoms with Gasteiger partial charge in [-0.1, -0.05) is 33.6 Å². The van der Waals surface area contributed by atoms with Crippen molar-refractivity contribution < 1.29 is 14.9 Å². The fraction of sp³-hybridized carbons (Fsp3) is 1.00. The van der Waals surface area contributed by atoms with Crippen molar-refractivity contribution in [3.8, 4) is 0 Å². The Kier molecular flexibility index (Phi) is 4.94. The molecule has 31 heavy (non-hydrogen) atoms. The van der Waals surface area contributed by atoms with Crippen LogP contribution in [0.4, 0.5) is 0 Å². The molecule has 12 atom stereocenters. The summed E-state index contributed by atoms with van der Waals surface area (Å²) >= 11 is 0. The smallest absolute Gasteiger partial charge is 0.148 e. The summed E-state index contributed by atoms with van der Waals surface area (Å²) in [5.74, 6) is 4.60. The van der Waals surface area contributed by atoms with E-state index in [1.54, 1.807) is 0 Å². The summed E-state index contributed by atoms with van der Waals surface area (Å²) < 4.78 is 6.86. The van der Waals surface area contributed by atoms with Gasteiger partial charge in [0.1, 0.15) is 5.72 Å². The van der Waals surface area contributed by atoms with Gasteiger partial charge >= 0.3 is 0 Å². The lowest BCUT2D eigenvalue weighted by Gasteiger charge is -2.61. The van der Waals surface area contributed by atoms with Crippen LogP contribution in [-0.4, -0.2) is 41.3 Å². The third-order valence-electron chi connectivity index (χ3n) is 12.2. The molecule has 0 radical (unpaired) electrons. The molecule has 4 heteroatoms. The summed E-state index contributed by atoms with van der Waals surface area (Å²) in [4.78, 5) is 0. The molecule has 6 aliphatic rings. The first kappa shape index (κ1) is 21.4. The van der Waals surface area contributed by atoms with E-state index in [4.69, 9.17) is 4.74 Å². The van der Waals surface area contributed by atoms with E-state index < -0.39 is 11.8 Å². The third kappa shape index (κ3) is 2.74. The molecule has 1 unspecified atom stereocenters. The van der Waals surface area contributed by atoms with E-state index >= 15 is 0 Å². The topological polar surface area (TPSA) is 61.7 Å². The molecule has 0 aromatic heterocycles. The largest absolute Gasteiger partial charge is 0.396 e. The quantitative estimate of drug-likeness (QED) is 0.578. The Labute approximate surface area is 188 Å². The van der Waals surface area contributed by atoms with Crippen molar-refractivity contribution in [3.63, 3.8) is 0 Å². The third-order valence-corrected chi connectivity index (χ3v) is 12.2. The normalized spacial score (nSPS) is 60.9. The maximum Gasteiger partial charge on any atom is 0.148 e. The molecule has 176 valence electrons. The van der Waals surface area contributed by atoms with Crippen LogP contribution in [0.1, 0.15) is 85.0 Å². The molecule has 0 aromatic carbocycles. The molecule has 2 saturated heterocycles. The summed E-state index contributed by atoms with van der Waals surface area (Å²) in [5, 5.41) is 24.3. The van der Waals surface area contributed by atoms with Gasteiger partial charge in [-0.2, -0.15) is 0 Å². The van der Waals surface area contributed by atoms with Gasteiger partial charge in [-0.15, -0.1) is 0 Å². The minimum atomic E-state index is -0.598. The van der Waals surface area contributed by atoms with Gasteiger partial charge in [-0.05, 0) is 97.7 Å². The van der Waals surface area contributed by atoms with Crippen molar-refractivity contribution in [2.75, 3.05) is 13.2 Å². The lowest BCUT2D eigenvalue weighted by atomic mass is 9.44. The van der Waals surface area contributed by atoms with Crippen LogP contribution in [0.5, 0.6) is 0 Å². The molecule has 2 heterocycles. The SMILES string of the molecule is C[C@H]1[C@H]2[C@H](C[C@H]3[C@@H]4CCC5CCCC[C@]5(C)[C@H]4CC[C@]23C)O[C@@]12NC[C@@H](CO)C[C@H]2O. The number of rotatable bonds is 1. The van der Waals surface area contributed by atoms with Gasteiger partial charge in [0.2, 0.25) is 0 Å². The number of hydrogen-bond donors (Lipinski definition) is 3. The Bertz CT molecular complexity index is 715. The maximum absolute atomic E-state index is 11.1. The molecule has 4 aliphatic carbocycles. The number of hydrogen-bond acceptors (Lipinski definition) is 4. The van der Waals surface area contributed by atoms with Crippen LogP contribution >= 0.6 is 0 Å². The summed E-state index contributed by atoms with van der Waals surface area (Å²) in [6.07, 6.45) is 13.1. The van der Waals surface area contributed by atoms with E-state index in [2.05, 4.69) is 26.1 Å². The van der Waals surface area contributed by atoms with Crippen molar-refractivity contribution in [2.45, 2.75) is 103 Å². The van der Waals surface area contributed by atoms with E-state index in [9.17, 15) is 10.2 Å². The second-order valence-corrected chi connectivity index (χ2v) is 13.1. The first-order chi connectivity index (χ1) is 14.8. The van der Waals surface area contributed by atoms with Crippen LogP contribution in [0.15, 0.2) is 0 Å². The van der Waals surface area contributed by atoms with E-state index in [1.807, 2.05) is 0 Å². The number of aliphatic hydroxyl groups is 2. The van der Waals surface area contributed by atoms with E-state index in [0.29, 0.717) is 29.1 Å². The Balaban J connectivity index is 1.26. The Morgan fingerprint density at radius 2 is 1.81 bits per heavy atom. The number of piperidine rings is 1. The molecule has 3 N–H and O–H groups in total. The van der Waals surface area contributed by atoms with Crippen molar-refractivity contribution in [3.05, 3.63) is 0 Å². The number of nitrogens with one attached hydrogen (secondary N) is 1. The lowest BCUT2D eigenvalue weighted by molar-refractivity contribution is -0.182. The molecule has 0 bridgehead atoms. The Morgan fingerprint density at radius 1 is 0.968 bits per heavy atom. The fourth-order valence-electron chi connectivity index (χ4n) is 10.7. The maximum atomic E-state index is 11.1. The highest BCUT2D eigenvalue weighted by Gasteiger charge is 2.69. The minimum absolute atomic E-state index is 0.141. The number of aliphatic hydroxyl groups excluding tert-OH is 2. The van der Waals surface area contributed by atoms with Crippen molar-refractivity contribution >= 4 is 0 Å². The van der Waals surface area contributed by atoms with Crippen LogP contribution in [0.3, 0.4) is 0 Å². The van der Waals surface area contributed by atoms with Crippen LogP contribution in [0, 0.1) is 52.3 Å². The molecule has 0 amide bonds. The van der Waals surface area contributed by atoms with Crippen LogP contribution in [0.2, 0.25) is 0 Å². The van der Waals surface area contributed by atoms with Gasteiger partial charge in [0, 0.05) is 19.1 Å². The van der Waals surface area contributed by atoms with Gasteiger partial charge in [0.15, 0.2) is 0 Å². The zero-order valence-corrected chi connectivity index (χ0v) is 20.0. The molecular formula is C27H45NO3. The van der Waals surface area contributed by atoms with Gasteiger partial charge < -0.3 is 14.9 Å². The molecule has 6 rings (SSSR count). The van der Waals surface area contributed by atoms with Gasteiger partial charge in [-0.25, -0.2) is 0 Å². The highest BCUT2D eigenvalue weighted by molar-refractivity contribution is 5.17. The monoisotopic (exact) mass is 431 g/mol. The lowest BCUT2D eigenvalue weighted by Crippen LogP contribution is -2.64. The van der Waals surface area contributed by atoms with E-state index in [0.717, 1.165) is 30.2 Å². The molecule has 2 aliphatic heterocycles. The molecular weight excluding hydrogens is 386 g/mol. The van der Waals surface area contributed by atoms with E-state index in [1.165, 1.54) is 57.8 Å². The minimum Gasteiger partial charge on any atom is -0.396 e. The summed E-state index contributed by atoms with van der Waals surface area (Å²) in [5.41, 5.74) is 0.342. The van der Waals surface area contributed by atoms with Crippen LogP contribution in [-0.2, 0) is 4.74 Å². The molecule has 4 saturated carbocycles. The standard InChI is InChI=1S/C27H45NO3/c1-16-24-22(31-27(16)23(30)12-17(15-29)14-28-27)13-21-19-8-7-18-6-4-5-10-25(18,2)20(19)9-11-26(21,24)3/h16-24,28-30H,4-15H2,1-3H3/t16-,17-,18?,19+,20-,21-,22-,23+,24-,25-,26-,27-/m0/s1. The highest BCUT2D eigenvalue weighted by Crippen LogP contribution is 2.71. The Hall–Kier alpha value is -0.160. The zero-order chi connectivity index (χ0) is 21.6. The Morgan fingerprint density at radius 3 is 2.58 bits per heavy atom. The second kappa shape index (κ2) is 7.17. The predicted molar refractivity (Wildman–Crippen MR) is 121 cm³/mol. The first-order valence-electron chi connectivity index (χ1n) is 13.6. The number of fused-ring (bicyclic) bond motifs is 7. The van der Waals surface area contributed by atoms with Crippen LogP contribution in [0.25, 0.3) is 0 Å². The number of ether oxygens (including phenoxy) is 1. The fourth-order valence-corrected chi connectivity index (χ4v) is 10.7. The molecule has 4 nitrogen and oxygen atoms in total. The van der Waals surface area contributed by atoms with Crippen molar-refractivity contribution in [2.24, 2.45) is 52.3 Å². The predicted octanol–water partition coefficient (Wildman–Crippen LogP) is 4.34. The average molecular weight is 432 g/mol. The highest BCUT2D eigenvalue weighted by atomic mass is 16.5. The average Bonchev–Trinajstić information content (AvgIpc) is 3.21. The van der Waals surface area contributed by atoms with Crippen molar-refractivity contribution in [1.29, 1.82) is 0 Å². The van der Waals surface area contributed by atoms with Gasteiger partial charge in [0.25, 0.3) is 0 Å². The van der Waals surface area contributed by atoms with E-state index in [-0.39, 0.29) is 18.6 Å². The zero-order valence-electron chi connectivity index (χ0n) is 20.0. The molecule has 1 spiro atoms. The first-order valence-corrected chi connectivity index (χ1v) is 13.6. The van der Waals surface area contributed by atoms with Crippen LogP contribution < -0.4 is 5.32 Å². The second-order valence-electron chi connectivity index (χ2n) is 13.1. The summed E-state index contributed by atoms with van der Waals surface area (Å²) in [6, 6.07) is 0. The molecule has 6 fully saturated rings.